The van der Waals surface area contributed by atoms with Crippen molar-refractivity contribution in [1.82, 2.24) is 0 Å². The summed E-state index contributed by atoms with van der Waals surface area (Å²) >= 11 is 3.59. The van der Waals surface area contributed by atoms with Crippen molar-refractivity contribution in [3.05, 3.63) is 113 Å². The third-order valence-electron chi connectivity index (χ3n) is 12.3. The van der Waals surface area contributed by atoms with Gasteiger partial charge in [-0.15, -0.1) is 22.7 Å². The number of para-hydroxylation sites is 1. The lowest BCUT2D eigenvalue weighted by molar-refractivity contribution is -0.132. The summed E-state index contributed by atoms with van der Waals surface area (Å²) in [4.78, 5) is 14.2. The van der Waals surface area contributed by atoms with Crippen LogP contribution in [0.25, 0.3) is 68.3 Å². The smallest absolute Gasteiger partial charge is 0.346 e. The highest BCUT2D eigenvalue weighted by Gasteiger charge is 2.24. The summed E-state index contributed by atoms with van der Waals surface area (Å²) in [6.07, 6.45) is 12.3. The molecule has 1 N–H and O–H groups in total. The topological polar surface area (TPSA) is 82.8 Å². The molecule has 9 rings (SSSR count). The molecule has 62 heavy (non-hydrogen) atoms. The van der Waals surface area contributed by atoms with Gasteiger partial charge in [-0.2, -0.15) is 5.26 Å². The largest absolute Gasteiger partial charge is 0.492 e. The first-order valence-electron chi connectivity index (χ1n) is 22.3. The Morgan fingerprint density at radius 3 is 1.90 bits per heavy atom. The summed E-state index contributed by atoms with van der Waals surface area (Å²) < 4.78 is 18.5. The molecule has 0 saturated heterocycles. The minimum absolute atomic E-state index is 0.302. The van der Waals surface area contributed by atoms with Crippen molar-refractivity contribution in [1.29, 1.82) is 5.26 Å². The number of rotatable bonds is 16. The number of unbranched alkanes of at least 4 members (excludes halogenated alkanes) is 6. The Morgan fingerprint density at radius 1 is 0.694 bits per heavy atom. The number of carbonyl (C=O) groups is 1. The highest BCUT2D eigenvalue weighted by Crippen LogP contribution is 2.53. The molecule has 3 heterocycles. The van der Waals surface area contributed by atoms with Crippen molar-refractivity contribution in [2.45, 2.75) is 85.0 Å². The summed E-state index contributed by atoms with van der Waals surface area (Å²) in [5.74, 6) is 0.529. The fraction of sp³-hybridized carbons (Fsp3) is 0.296. The lowest BCUT2D eigenvalue weighted by Crippen LogP contribution is -2.17. The maximum atomic E-state index is 11.8. The molecule has 0 amide bonds. The molecule has 8 aromatic rings. The number of hydrogen-bond acceptors (Lipinski definition) is 7. The molecule has 2 aromatic heterocycles. The Morgan fingerprint density at radius 2 is 1.27 bits per heavy atom. The summed E-state index contributed by atoms with van der Waals surface area (Å²) in [7, 11) is 0. The summed E-state index contributed by atoms with van der Waals surface area (Å²) in [5, 5.41) is 25.6. The number of fused-ring (bicyclic) bond motifs is 9. The maximum absolute atomic E-state index is 11.8. The van der Waals surface area contributed by atoms with Gasteiger partial charge in [0.05, 0.1) is 33.4 Å². The predicted octanol–water partition coefficient (Wildman–Crippen LogP) is 15.4. The fourth-order valence-corrected chi connectivity index (χ4v) is 11.9. The van der Waals surface area contributed by atoms with Crippen molar-refractivity contribution >= 4 is 97.2 Å². The molecular weight excluding hydrogens is 805 g/mol. The Bertz CT molecular complexity index is 3060. The Kier molecular flexibility index (Phi) is 12.2. The highest BCUT2D eigenvalue weighted by atomic mass is 32.1. The standard InChI is InChI=1S/C54H52N2O4S2/c1-4-7-9-13-25-59-50-42-28-34(27-41(33-55)54(57)58)17-18-38(42)31-46-48(50)52-53(61-46)49-47(62-52)32-39-21-20-37(30-43(39)51(49)60-26-14-10-8-5-2)36-23-24-45-40(29-36)22-19-35-15-11-12-16-44(35)56(45)6-3/h11-12,15-18,20-21,23-24,27-32H,4-10,13-14,19,22,25-26H2,1-3H3,(H,57,58). The van der Waals surface area contributed by atoms with Gasteiger partial charge in [0.2, 0.25) is 0 Å². The van der Waals surface area contributed by atoms with Gasteiger partial charge in [-0.1, -0.05) is 101 Å². The predicted molar refractivity (Wildman–Crippen MR) is 262 cm³/mol. The van der Waals surface area contributed by atoms with Gasteiger partial charge in [-0.3, -0.25) is 0 Å². The summed E-state index contributed by atoms with van der Waals surface area (Å²) in [5.41, 5.74) is 8.12. The van der Waals surface area contributed by atoms with Crippen LogP contribution in [0.3, 0.4) is 0 Å². The van der Waals surface area contributed by atoms with Gasteiger partial charge in [0.1, 0.15) is 23.1 Å². The first-order chi connectivity index (χ1) is 30.4. The van der Waals surface area contributed by atoms with Gasteiger partial charge in [0.25, 0.3) is 0 Å². The summed E-state index contributed by atoms with van der Waals surface area (Å²) in [6, 6.07) is 34.9. The van der Waals surface area contributed by atoms with Gasteiger partial charge in [0.15, 0.2) is 0 Å². The van der Waals surface area contributed by atoms with Crippen molar-refractivity contribution in [2.24, 2.45) is 0 Å². The quantitative estimate of drug-likeness (QED) is 0.0592. The van der Waals surface area contributed by atoms with E-state index >= 15 is 0 Å². The van der Waals surface area contributed by atoms with Crippen LogP contribution < -0.4 is 14.4 Å². The second-order valence-corrected chi connectivity index (χ2v) is 18.6. The van der Waals surface area contributed by atoms with Crippen LogP contribution in [0.4, 0.5) is 11.4 Å². The van der Waals surface area contributed by atoms with E-state index in [-0.39, 0.29) is 5.57 Å². The molecule has 0 aliphatic carbocycles. The lowest BCUT2D eigenvalue weighted by atomic mass is 9.96. The number of aliphatic carboxylic acids is 1. The number of thiophene rings is 2. The van der Waals surface area contributed by atoms with Gasteiger partial charge < -0.3 is 19.5 Å². The molecule has 0 fully saturated rings. The molecule has 0 unspecified atom stereocenters. The number of nitrogens with zero attached hydrogens (tertiary/aromatic N) is 2. The SMILES string of the molecule is CCCCCCOc1c2cc(C=C(C#N)C(=O)O)ccc2cc2sc3c(sc4cc5ccc(-c6ccc7c(c6)CCc6ccccc6N7CC)cc5c(OCCCCCC)c43)c12. The number of carboxylic acids is 1. The fourth-order valence-electron chi connectivity index (χ4n) is 9.17. The van der Waals surface area contributed by atoms with Gasteiger partial charge in [-0.05, 0) is 120 Å². The van der Waals surface area contributed by atoms with E-state index in [4.69, 9.17) is 9.47 Å². The van der Waals surface area contributed by atoms with Crippen LogP contribution in [-0.2, 0) is 17.6 Å². The van der Waals surface area contributed by atoms with Crippen molar-refractivity contribution in [3.8, 4) is 28.7 Å². The van der Waals surface area contributed by atoms with Crippen molar-refractivity contribution < 1.29 is 19.4 Å². The zero-order chi connectivity index (χ0) is 42.7. The van der Waals surface area contributed by atoms with Crippen LogP contribution in [0.5, 0.6) is 11.5 Å². The molecule has 314 valence electrons. The number of anilines is 2. The second-order valence-electron chi connectivity index (χ2n) is 16.4. The number of benzene rings is 6. The summed E-state index contributed by atoms with van der Waals surface area (Å²) in [6.45, 7) is 8.84. The maximum Gasteiger partial charge on any atom is 0.346 e. The van der Waals surface area contributed by atoms with E-state index in [9.17, 15) is 15.2 Å². The molecule has 0 spiro atoms. The van der Waals surface area contributed by atoms with Crippen molar-refractivity contribution in [3.63, 3.8) is 0 Å². The van der Waals surface area contributed by atoms with Gasteiger partial charge in [0, 0.05) is 38.1 Å². The van der Waals surface area contributed by atoms with Crippen LogP contribution >= 0.6 is 22.7 Å². The number of nitriles is 1. The Balaban J connectivity index is 1.21. The van der Waals surface area contributed by atoms with E-state index in [0.717, 1.165) is 106 Å². The third kappa shape index (κ3) is 7.89. The van der Waals surface area contributed by atoms with E-state index in [1.165, 1.54) is 66.6 Å². The number of aryl methyl sites for hydroxylation is 2. The van der Waals surface area contributed by atoms with E-state index in [1.54, 1.807) is 22.7 Å². The molecular formula is C54H52N2O4S2. The van der Waals surface area contributed by atoms with Crippen LogP contribution in [0.2, 0.25) is 0 Å². The zero-order valence-corrected chi connectivity index (χ0v) is 37.4. The molecule has 0 atom stereocenters. The van der Waals surface area contributed by atoms with Gasteiger partial charge >= 0.3 is 5.97 Å². The van der Waals surface area contributed by atoms with Crippen LogP contribution in [0.15, 0.2) is 96.6 Å². The van der Waals surface area contributed by atoms with Crippen LogP contribution in [-0.4, -0.2) is 30.8 Å². The van der Waals surface area contributed by atoms with Crippen LogP contribution in [0.1, 0.15) is 88.8 Å². The zero-order valence-electron chi connectivity index (χ0n) is 35.8. The number of hydrogen-bond donors (Lipinski definition) is 1. The Labute approximate surface area is 371 Å². The third-order valence-corrected chi connectivity index (χ3v) is 14.8. The molecule has 1 aliphatic heterocycles. The van der Waals surface area contributed by atoms with E-state index in [1.807, 2.05) is 24.3 Å². The highest BCUT2D eigenvalue weighted by molar-refractivity contribution is 7.36. The second kappa shape index (κ2) is 18.2. The minimum Gasteiger partial charge on any atom is -0.492 e. The first-order valence-corrected chi connectivity index (χ1v) is 24.0. The van der Waals surface area contributed by atoms with E-state index in [0.29, 0.717) is 18.8 Å². The molecule has 0 saturated carbocycles. The average molecular weight is 857 g/mol. The van der Waals surface area contributed by atoms with Gasteiger partial charge in [-0.25, -0.2) is 4.79 Å². The monoisotopic (exact) mass is 856 g/mol. The average Bonchev–Trinajstić information content (AvgIpc) is 3.76. The van der Waals surface area contributed by atoms with Crippen molar-refractivity contribution in [2.75, 3.05) is 24.7 Å². The Hall–Kier alpha value is -5.88. The van der Waals surface area contributed by atoms with E-state index in [2.05, 4.69) is 98.5 Å². The number of carboxylic acid groups (broad SMARTS) is 1. The lowest BCUT2D eigenvalue weighted by Gasteiger charge is -2.25. The molecule has 6 nitrogen and oxygen atoms in total. The minimum atomic E-state index is -1.24. The molecule has 8 heteroatoms. The molecule has 0 bridgehead atoms. The first kappa shape index (κ1) is 41.5. The molecule has 1 aliphatic rings. The van der Waals surface area contributed by atoms with Crippen LogP contribution in [0, 0.1) is 11.3 Å². The number of ether oxygens (including phenoxy) is 2. The molecule has 6 aromatic carbocycles. The van der Waals surface area contributed by atoms with E-state index < -0.39 is 5.97 Å². The molecule has 0 radical (unpaired) electrons. The normalized spacial score (nSPS) is 12.9.